The fourth-order valence-corrected chi connectivity index (χ4v) is 4.74. The van der Waals surface area contributed by atoms with E-state index in [-0.39, 0.29) is 0 Å². The Bertz CT molecular complexity index is 378. The number of rotatable bonds is 1. The predicted octanol–water partition coefficient (Wildman–Crippen LogP) is 4.79. The predicted molar refractivity (Wildman–Crippen MR) is 86.4 cm³/mol. The largest absolute Gasteiger partial charge is 0.308 e. The molecule has 0 aromatic carbocycles. The second-order valence-electron chi connectivity index (χ2n) is 6.40. The first-order chi connectivity index (χ1) is 9.93. The molecule has 3 heteroatoms. The van der Waals surface area contributed by atoms with E-state index < -0.39 is 0 Å². The molecule has 1 unspecified atom stereocenters. The fraction of sp³-hybridized carbons (Fsp3) is 0.824. The minimum absolute atomic E-state index is 0.559. The maximum atomic E-state index is 5.02. The Morgan fingerprint density at radius 1 is 0.850 bits per heavy atom. The van der Waals surface area contributed by atoms with Crippen molar-refractivity contribution >= 4 is 11.3 Å². The van der Waals surface area contributed by atoms with Gasteiger partial charge < -0.3 is 5.32 Å². The molecule has 1 aliphatic heterocycles. The van der Waals surface area contributed by atoms with Crippen LogP contribution in [-0.2, 0) is 12.8 Å². The maximum absolute atomic E-state index is 5.02. The van der Waals surface area contributed by atoms with Crippen LogP contribution in [0.25, 0.3) is 0 Å². The number of nitrogens with one attached hydrogen (secondary N) is 1. The summed E-state index contributed by atoms with van der Waals surface area (Å²) in [5.74, 6) is 0. The lowest BCUT2D eigenvalue weighted by Gasteiger charge is -2.06. The highest BCUT2D eigenvalue weighted by molar-refractivity contribution is 7.11. The van der Waals surface area contributed by atoms with Gasteiger partial charge in [0.25, 0.3) is 0 Å². The number of hydrogen-bond acceptors (Lipinski definition) is 3. The minimum Gasteiger partial charge on any atom is -0.308 e. The molecule has 1 aromatic heterocycles. The monoisotopic (exact) mass is 292 g/mol. The fourth-order valence-electron chi connectivity index (χ4n) is 3.48. The first kappa shape index (κ1) is 14.5. The van der Waals surface area contributed by atoms with Gasteiger partial charge >= 0.3 is 0 Å². The average molecular weight is 292 g/mol. The van der Waals surface area contributed by atoms with Crippen molar-refractivity contribution in [2.45, 2.75) is 83.1 Å². The van der Waals surface area contributed by atoms with Gasteiger partial charge in [-0.05, 0) is 45.1 Å². The molecule has 1 atom stereocenters. The lowest BCUT2D eigenvalue weighted by molar-refractivity contribution is 0.558. The molecule has 2 nitrogen and oxygen atoms in total. The molecular weight excluding hydrogens is 264 g/mol. The van der Waals surface area contributed by atoms with Crippen LogP contribution in [0.5, 0.6) is 0 Å². The van der Waals surface area contributed by atoms with Crippen molar-refractivity contribution in [3.63, 3.8) is 0 Å². The zero-order valence-corrected chi connectivity index (χ0v) is 13.4. The van der Waals surface area contributed by atoms with Crippen molar-refractivity contribution in [1.82, 2.24) is 10.3 Å². The van der Waals surface area contributed by atoms with Gasteiger partial charge in [-0.15, -0.1) is 11.3 Å². The lowest BCUT2D eigenvalue weighted by atomic mass is 10.0. The molecule has 2 aliphatic rings. The second kappa shape index (κ2) is 7.56. The van der Waals surface area contributed by atoms with Gasteiger partial charge in [-0.2, -0.15) is 0 Å². The third kappa shape index (κ3) is 3.82. The number of aryl methyl sites for hydroxylation is 2. The van der Waals surface area contributed by atoms with E-state index >= 15 is 0 Å². The minimum atomic E-state index is 0.559. The Morgan fingerprint density at radius 2 is 1.55 bits per heavy atom. The van der Waals surface area contributed by atoms with E-state index in [1.165, 1.54) is 94.3 Å². The third-order valence-electron chi connectivity index (χ3n) is 4.72. The van der Waals surface area contributed by atoms with Crippen LogP contribution >= 0.6 is 11.3 Å². The number of aromatic nitrogens is 1. The summed E-state index contributed by atoms with van der Waals surface area (Å²) < 4.78 is 0. The van der Waals surface area contributed by atoms with E-state index in [1.807, 2.05) is 11.3 Å². The van der Waals surface area contributed by atoms with Gasteiger partial charge in [-0.1, -0.05) is 38.5 Å². The Kier molecular flexibility index (Phi) is 5.49. The summed E-state index contributed by atoms with van der Waals surface area (Å²) in [5.41, 5.74) is 1.44. The molecule has 1 saturated heterocycles. The van der Waals surface area contributed by atoms with Gasteiger partial charge in [0, 0.05) is 4.88 Å². The van der Waals surface area contributed by atoms with Crippen LogP contribution < -0.4 is 5.32 Å². The zero-order valence-electron chi connectivity index (χ0n) is 12.6. The molecule has 3 rings (SSSR count). The van der Waals surface area contributed by atoms with Gasteiger partial charge in [-0.3, -0.25) is 0 Å². The first-order valence-electron chi connectivity index (χ1n) is 8.65. The second-order valence-corrected chi connectivity index (χ2v) is 7.51. The molecule has 1 aromatic rings. The SMILES string of the molecule is C1CCCCCc2sc(C3CCCN3)nc2CCCC1. The summed E-state index contributed by atoms with van der Waals surface area (Å²) in [7, 11) is 0. The quantitative estimate of drug-likeness (QED) is 0.805. The number of hydrogen-bond donors (Lipinski definition) is 1. The third-order valence-corrected chi connectivity index (χ3v) is 5.99. The Morgan fingerprint density at radius 3 is 2.25 bits per heavy atom. The normalized spacial score (nSPS) is 25.7. The standard InChI is InChI=1S/C17H28N2S/c1-2-4-6-8-12-16-14(10-7-5-3-1)19-17(20-16)15-11-9-13-18-15/h15,18H,1-13H2. The van der Waals surface area contributed by atoms with Crippen molar-refractivity contribution in [2.75, 3.05) is 6.54 Å². The topological polar surface area (TPSA) is 24.9 Å². The van der Waals surface area contributed by atoms with Crippen molar-refractivity contribution in [1.29, 1.82) is 0 Å². The van der Waals surface area contributed by atoms with Crippen LogP contribution in [0.3, 0.4) is 0 Å². The molecule has 0 amide bonds. The summed E-state index contributed by atoms with van der Waals surface area (Å²) >= 11 is 2.01. The van der Waals surface area contributed by atoms with Gasteiger partial charge in [0.15, 0.2) is 0 Å². The van der Waals surface area contributed by atoms with E-state index in [1.54, 1.807) is 4.88 Å². The van der Waals surface area contributed by atoms with Gasteiger partial charge in [0.2, 0.25) is 0 Å². The number of thiazole rings is 1. The summed E-state index contributed by atoms with van der Waals surface area (Å²) in [5, 5.41) is 4.98. The Labute approximate surface area is 127 Å². The first-order valence-corrected chi connectivity index (χ1v) is 9.47. The van der Waals surface area contributed by atoms with Crippen LogP contribution in [0.2, 0.25) is 0 Å². The highest BCUT2D eigenvalue weighted by atomic mass is 32.1. The van der Waals surface area contributed by atoms with E-state index in [9.17, 15) is 0 Å². The van der Waals surface area contributed by atoms with Gasteiger partial charge in [0.05, 0.1) is 11.7 Å². The summed E-state index contributed by atoms with van der Waals surface area (Å²) in [4.78, 5) is 6.62. The Hall–Kier alpha value is -0.410. The van der Waals surface area contributed by atoms with Crippen molar-refractivity contribution in [3.05, 3.63) is 15.6 Å². The van der Waals surface area contributed by atoms with Crippen LogP contribution in [0.1, 0.15) is 85.8 Å². The summed E-state index contributed by atoms with van der Waals surface area (Å²) in [6.45, 7) is 1.18. The van der Waals surface area contributed by atoms with E-state index in [4.69, 9.17) is 4.98 Å². The van der Waals surface area contributed by atoms with Crippen LogP contribution in [0, 0.1) is 0 Å². The Balaban J connectivity index is 1.69. The van der Waals surface area contributed by atoms with Crippen molar-refractivity contribution in [2.24, 2.45) is 0 Å². The smallest absolute Gasteiger partial charge is 0.110 e. The van der Waals surface area contributed by atoms with E-state index in [0.717, 1.165) is 0 Å². The molecule has 2 heterocycles. The zero-order chi connectivity index (χ0) is 13.6. The summed E-state index contributed by atoms with van der Waals surface area (Å²) in [6, 6.07) is 0.559. The molecule has 1 fully saturated rings. The highest BCUT2D eigenvalue weighted by Gasteiger charge is 2.21. The van der Waals surface area contributed by atoms with Crippen molar-refractivity contribution < 1.29 is 0 Å². The number of fused-ring (bicyclic) bond motifs is 1. The molecule has 112 valence electrons. The van der Waals surface area contributed by atoms with Gasteiger partial charge in [0.1, 0.15) is 5.01 Å². The molecule has 1 aliphatic carbocycles. The van der Waals surface area contributed by atoms with Crippen LogP contribution in [0.15, 0.2) is 0 Å². The highest BCUT2D eigenvalue weighted by Crippen LogP contribution is 2.31. The average Bonchev–Trinajstić information content (AvgIpc) is 3.08. The molecule has 0 bridgehead atoms. The van der Waals surface area contributed by atoms with E-state index in [0.29, 0.717) is 6.04 Å². The van der Waals surface area contributed by atoms with Crippen LogP contribution in [0.4, 0.5) is 0 Å². The van der Waals surface area contributed by atoms with Crippen LogP contribution in [-0.4, -0.2) is 11.5 Å². The number of nitrogens with zero attached hydrogens (tertiary/aromatic N) is 1. The lowest BCUT2D eigenvalue weighted by Crippen LogP contribution is -2.12. The molecule has 0 spiro atoms. The molecular formula is C17H28N2S. The molecule has 0 radical (unpaired) electrons. The summed E-state index contributed by atoms with van der Waals surface area (Å²) in [6.07, 6.45) is 16.4. The molecule has 20 heavy (non-hydrogen) atoms. The molecule has 1 N–H and O–H groups in total. The maximum Gasteiger partial charge on any atom is 0.110 e. The molecule has 0 saturated carbocycles. The van der Waals surface area contributed by atoms with Crippen molar-refractivity contribution in [3.8, 4) is 0 Å². The van der Waals surface area contributed by atoms with E-state index in [2.05, 4.69) is 5.32 Å². The van der Waals surface area contributed by atoms with Gasteiger partial charge in [-0.25, -0.2) is 4.98 Å².